The van der Waals surface area contributed by atoms with Gasteiger partial charge in [-0.3, -0.25) is 24.1 Å². The molecule has 0 radical (unpaired) electrons. The molecular weight excluding hydrogens is 384 g/mol. The van der Waals surface area contributed by atoms with Crippen molar-refractivity contribution >= 4 is 23.7 Å². The largest absolute Gasteiger partial charge is 0.456 e. The molecule has 1 N–H and O–H groups in total. The molecule has 1 aliphatic heterocycles. The molecule has 1 aliphatic rings. The summed E-state index contributed by atoms with van der Waals surface area (Å²) in [6.07, 6.45) is 0.290. The highest BCUT2D eigenvalue weighted by Crippen LogP contribution is 2.22. The molecule has 7 heteroatoms. The van der Waals surface area contributed by atoms with E-state index in [2.05, 4.69) is 5.32 Å². The van der Waals surface area contributed by atoms with E-state index in [9.17, 15) is 19.2 Å². The maximum Gasteiger partial charge on any atom is 0.306 e. The number of ether oxygens (including phenoxy) is 1. The zero-order chi connectivity index (χ0) is 21.5. The Bertz CT molecular complexity index is 907. The second kappa shape index (κ2) is 9.82. The smallest absolute Gasteiger partial charge is 0.306 e. The van der Waals surface area contributed by atoms with Crippen molar-refractivity contribution in [2.45, 2.75) is 25.7 Å². The molecule has 2 aromatic carbocycles. The van der Waals surface area contributed by atoms with Crippen LogP contribution in [0.3, 0.4) is 0 Å². The molecule has 0 aliphatic carbocycles. The monoisotopic (exact) mass is 408 g/mol. The van der Waals surface area contributed by atoms with E-state index in [1.807, 2.05) is 37.3 Å². The molecule has 0 spiro atoms. The molecule has 0 fully saturated rings. The number of imide groups is 1. The number of esters is 1. The van der Waals surface area contributed by atoms with Gasteiger partial charge in [0.1, 0.15) is 0 Å². The Morgan fingerprint density at radius 2 is 1.57 bits per heavy atom. The molecule has 0 saturated heterocycles. The summed E-state index contributed by atoms with van der Waals surface area (Å²) < 4.78 is 4.98. The highest BCUT2D eigenvalue weighted by molar-refractivity contribution is 6.21. The summed E-state index contributed by atoms with van der Waals surface area (Å²) in [4.78, 5) is 49.4. The van der Waals surface area contributed by atoms with E-state index in [1.165, 1.54) is 0 Å². The van der Waals surface area contributed by atoms with Crippen LogP contribution < -0.4 is 5.32 Å². The minimum Gasteiger partial charge on any atom is -0.456 e. The van der Waals surface area contributed by atoms with Crippen LogP contribution in [0, 0.1) is 0 Å². The van der Waals surface area contributed by atoms with Crippen LogP contribution in [0.15, 0.2) is 54.6 Å². The summed E-state index contributed by atoms with van der Waals surface area (Å²) in [5, 5.41) is 2.75. The number of nitrogens with zero attached hydrogens (tertiary/aromatic N) is 1. The van der Waals surface area contributed by atoms with Crippen molar-refractivity contribution in [3.8, 4) is 0 Å². The lowest BCUT2D eigenvalue weighted by molar-refractivity contribution is -0.148. The Morgan fingerprint density at radius 3 is 2.20 bits per heavy atom. The van der Waals surface area contributed by atoms with Crippen molar-refractivity contribution < 1.29 is 23.9 Å². The van der Waals surface area contributed by atoms with Crippen LogP contribution in [-0.4, -0.2) is 48.3 Å². The van der Waals surface area contributed by atoms with Gasteiger partial charge in [0, 0.05) is 19.5 Å². The summed E-state index contributed by atoms with van der Waals surface area (Å²) in [5.74, 6) is -1.47. The fourth-order valence-corrected chi connectivity index (χ4v) is 3.26. The first-order valence-corrected chi connectivity index (χ1v) is 9.90. The highest BCUT2D eigenvalue weighted by Gasteiger charge is 2.34. The normalized spacial score (nSPS) is 13.7. The van der Waals surface area contributed by atoms with Gasteiger partial charge >= 0.3 is 5.97 Å². The van der Waals surface area contributed by atoms with Crippen LogP contribution in [0.2, 0.25) is 0 Å². The zero-order valence-electron chi connectivity index (χ0n) is 16.8. The number of fused-ring (bicyclic) bond motifs is 1. The van der Waals surface area contributed by atoms with Crippen LogP contribution in [0.5, 0.6) is 0 Å². The Hall–Kier alpha value is -3.48. The number of amides is 3. The first kappa shape index (κ1) is 21.2. The van der Waals surface area contributed by atoms with Crippen LogP contribution in [-0.2, 0) is 14.3 Å². The first-order chi connectivity index (χ1) is 14.5. The average Bonchev–Trinajstić information content (AvgIpc) is 3.01. The molecular formula is C23H24N2O5. The van der Waals surface area contributed by atoms with Crippen molar-refractivity contribution in [1.82, 2.24) is 10.2 Å². The number of nitrogens with one attached hydrogen (secondary N) is 1. The Kier molecular flexibility index (Phi) is 6.95. The van der Waals surface area contributed by atoms with Crippen LogP contribution in [0.25, 0.3) is 0 Å². The van der Waals surface area contributed by atoms with E-state index >= 15 is 0 Å². The van der Waals surface area contributed by atoms with E-state index in [0.29, 0.717) is 17.7 Å². The Labute approximate surface area is 175 Å². The fourth-order valence-electron chi connectivity index (χ4n) is 3.26. The third kappa shape index (κ3) is 5.11. The van der Waals surface area contributed by atoms with Gasteiger partial charge in [0.05, 0.1) is 11.1 Å². The lowest BCUT2D eigenvalue weighted by Gasteiger charge is -2.14. The molecule has 0 aromatic heterocycles. The van der Waals surface area contributed by atoms with Crippen LogP contribution >= 0.6 is 0 Å². The number of rotatable bonds is 9. The van der Waals surface area contributed by atoms with E-state index in [0.717, 1.165) is 10.5 Å². The SMILES string of the molecule is C[C@@H](CNC(=O)COC(=O)CCCN1C(=O)c2ccccc2C1=O)c1ccccc1. The molecule has 0 saturated carbocycles. The van der Waals surface area contributed by atoms with E-state index in [1.54, 1.807) is 24.3 Å². The average molecular weight is 408 g/mol. The summed E-state index contributed by atoms with van der Waals surface area (Å²) in [5.41, 5.74) is 1.88. The highest BCUT2D eigenvalue weighted by atomic mass is 16.5. The van der Waals surface area contributed by atoms with Crippen molar-refractivity contribution in [3.63, 3.8) is 0 Å². The van der Waals surface area contributed by atoms with Crippen molar-refractivity contribution in [1.29, 1.82) is 0 Å². The van der Waals surface area contributed by atoms with Gasteiger partial charge in [0.15, 0.2) is 6.61 Å². The Morgan fingerprint density at radius 1 is 0.967 bits per heavy atom. The summed E-state index contributed by atoms with van der Waals surface area (Å²) in [7, 11) is 0. The molecule has 3 rings (SSSR count). The Balaban J connectivity index is 1.34. The number of carbonyl (C=O) groups excluding carboxylic acids is 4. The standard InChI is InChI=1S/C23H24N2O5/c1-16(17-8-3-2-4-9-17)14-24-20(26)15-30-21(27)12-7-13-25-22(28)18-10-5-6-11-19(18)23(25)29/h2-6,8-11,16H,7,12-15H2,1H3,(H,24,26)/t16-/m0/s1. The van der Waals surface area contributed by atoms with E-state index in [4.69, 9.17) is 4.74 Å². The van der Waals surface area contributed by atoms with Crippen molar-refractivity contribution in [2.75, 3.05) is 19.7 Å². The van der Waals surface area contributed by atoms with Crippen LogP contribution in [0.4, 0.5) is 0 Å². The minimum atomic E-state index is -0.544. The fraction of sp³-hybridized carbons (Fsp3) is 0.304. The van der Waals surface area contributed by atoms with Crippen molar-refractivity contribution in [3.05, 3.63) is 71.3 Å². The summed E-state index contributed by atoms with van der Waals surface area (Å²) in [6, 6.07) is 16.4. The maximum absolute atomic E-state index is 12.3. The van der Waals surface area contributed by atoms with Gasteiger partial charge in [-0.1, -0.05) is 49.4 Å². The molecule has 3 amide bonds. The zero-order valence-corrected chi connectivity index (χ0v) is 16.8. The van der Waals surface area contributed by atoms with Crippen molar-refractivity contribution in [2.24, 2.45) is 0 Å². The van der Waals surface area contributed by atoms with Gasteiger partial charge in [0.25, 0.3) is 17.7 Å². The molecule has 1 atom stereocenters. The predicted octanol–water partition coefficient (Wildman–Crippen LogP) is 2.53. The molecule has 0 unspecified atom stereocenters. The number of hydrogen-bond acceptors (Lipinski definition) is 5. The van der Waals surface area contributed by atoms with Crippen LogP contribution in [0.1, 0.15) is 52.0 Å². The lowest BCUT2D eigenvalue weighted by Crippen LogP contribution is -2.32. The molecule has 2 aromatic rings. The van der Waals surface area contributed by atoms with E-state index in [-0.39, 0.29) is 49.6 Å². The first-order valence-electron chi connectivity index (χ1n) is 9.90. The molecule has 7 nitrogen and oxygen atoms in total. The van der Waals surface area contributed by atoms with Gasteiger partial charge in [-0.25, -0.2) is 0 Å². The van der Waals surface area contributed by atoms with E-state index < -0.39 is 5.97 Å². The maximum atomic E-state index is 12.3. The summed E-state index contributed by atoms with van der Waals surface area (Å²) in [6.45, 7) is 2.22. The second-order valence-corrected chi connectivity index (χ2v) is 7.19. The van der Waals surface area contributed by atoms with Gasteiger partial charge in [0.2, 0.25) is 0 Å². The van der Waals surface area contributed by atoms with Gasteiger partial charge in [-0.2, -0.15) is 0 Å². The van der Waals surface area contributed by atoms with Gasteiger partial charge in [-0.05, 0) is 30.0 Å². The number of hydrogen-bond donors (Lipinski definition) is 1. The lowest BCUT2D eigenvalue weighted by atomic mass is 10.0. The summed E-state index contributed by atoms with van der Waals surface area (Å²) >= 11 is 0. The number of benzene rings is 2. The predicted molar refractivity (Wildman–Crippen MR) is 110 cm³/mol. The topological polar surface area (TPSA) is 92.8 Å². The van der Waals surface area contributed by atoms with Gasteiger partial charge in [-0.15, -0.1) is 0 Å². The second-order valence-electron chi connectivity index (χ2n) is 7.19. The third-order valence-electron chi connectivity index (χ3n) is 4.98. The third-order valence-corrected chi connectivity index (χ3v) is 4.98. The molecule has 1 heterocycles. The quantitative estimate of drug-likeness (QED) is 0.508. The van der Waals surface area contributed by atoms with Gasteiger partial charge < -0.3 is 10.1 Å². The minimum absolute atomic E-state index is 0.0150. The molecule has 156 valence electrons. The molecule has 0 bridgehead atoms. The number of carbonyl (C=O) groups is 4. The molecule has 30 heavy (non-hydrogen) atoms.